The number of anilines is 1. The lowest BCUT2D eigenvalue weighted by Crippen LogP contribution is -2.31. The average molecular weight is 442 g/mol. The van der Waals surface area contributed by atoms with Crippen molar-refractivity contribution in [2.24, 2.45) is 5.92 Å². The first-order chi connectivity index (χ1) is 15.8. The van der Waals surface area contributed by atoms with Crippen LogP contribution in [0.25, 0.3) is 21.9 Å². The predicted molar refractivity (Wildman–Crippen MR) is 124 cm³/mol. The largest absolute Gasteiger partial charge is 0.506 e. The lowest BCUT2D eigenvalue weighted by molar-refractivity contribution is -0.118. The molecule has 1 atom stereocenters. The molecule has 33 heavy (non-hydrogen) atoms. The molecule has 0 radical (unpaired) electrons. The van der Waals surface area contributed by atoms with Crippen molar-refractivity contribution in [3.63, 3.8) is 0 Å². The van der Waals surface area contributed by atoms with Gasteiger partial charge in [0.2, 0.25) is 0 Å². The van der Waals surface area contributed by atoms with Gasteiger partial charge >= 0.3 is 0 Å². The summed E-state index contributed by atoms with van der Waals surface area (Å²) in [6.07, 6.45) is 1.73. The average Bonchev–Trinajstić information content (AvgIpc) is 3.35. The number of hydrogen-bond donors (Lipinski definition) is 3. The van der Waals surface area contributed by atoms with Crippen LogP contribution in [0, 0.1) is 5.92 Å². The molecule has 0 saturated heterocycles. The summed E-state index contributed by atoms with van der Waals surface area (Å²) in [4.78, 5) is 39.6. The topological polar surface area (TPSA) is 119 Å². The molecular weight excluding hydrogens is 420 g/mol. The molecule has 1 amide bonds. The molecule has 0 fully saturated rings. The number of benzene rings is 2. The van der Waals surface area contributed by atoms with E-state index >= 15 is 0 Å². The number of phenols is 1. The van der Waals surface area contributed by atoms with Crippen molar-refractivity contribution < 1.29 is 19.8 Å². The molecule has 2 aromatic carbocycles. The van der Waals surface area contributed by atoms with Crippen LogP contribution in [-0.4, -0.2) is 36.9 Å². The van der Waals surface area contributed by atoms with Gasteiger partial charge in [0.1, 0.15) is 17.3 Å². The summed E-state index contributed by atoms with van der Waals surface area (Å²) < 4.78 is 0. The van der Waals surface area contributed by atoms with Crippen molar-refractivity contribution in [2.45, 2.75) is 26.3 Å². The molecule has 1 unspecified atom stereocenters. The highest BCUT2D eigenvalue weighted by atomic mass is 16.3. The number of aromatic hydroxyl groups is 1. The number of aromatic amines is 1. The maximum absolute atomic E-state index is 13.3. The molecule has 0 aliphatic carbocycles. The van der Waals surface area contributed by atoms with Crippen LogP contribution in [0.3, 0.4) is 0 Å². The second-order valence-corrected chi connectivity index (χ2v) is 8.55. The molecule has 1 aliphatic rings. The zero-order chi connectivity index (χ0) is 23.3. The SMILES string of the molecule is CC(C)CC(=O)C1=C(O)C(=O)N(c2ccc3nc[nH]c3c2)C1c1ccc2cccc(O)c2n1. The minimum Gasteiger partial charge on any atom is -0.506 e. The first kappa shape index (κ1) is 20.7. The Balaban J connectivity index is 1.71. The first-order valence-corrected chi connectivity index (χ1v) is 10.7. The van der Waals surface area contributed by atoms with Gasteiger partial charge in [-0.1, -0.05) is 32.0 Å². The summed E-state index contributed by atoms with van der Waals surface area (Å²) in [6.45, 7) is 3.80. The molecule has 0 spiro atoms. The second kappa shape index (κ2) is 7.74. The number of para-hydroxylation sites is 1. The van der Waals surface area contributed by atoms with Crippen LogP contribution < -0.4 is 4.90 Å². The van der Waals surface area contributed by atoms with Crippen LogP contribution in [0.15, 0.2) is 66.2 Å². The molecule has 166 valence electrons. The number of amides is 1. The van der Waals surface area contributed by atoms with Gasteiger partial charge in [0.05, 0.1) is 28.6 Å². The Labute approximate surface area is 189 Å². The summed E-state index contributed by atoms with van der Waals surface area (Å²) in [7, 11) is 0. The van der Waals surface area contributed by atoms with Crippen molar-refractivity contribution in [3.8, 4) is 5.75 Å². The monoisotopic (exact) mass is 442 g/mol. The zero-order valence-electron chi connectivity index (χ0n) is 18.1. The van der Waals surface area contributed by atoms with Crippen molar-refractivity contribution in [2.75, 3.05) is 4.90 Å². The van der Waals surface area contributed by atoms with Crippen molar-refractivity contribution in [3.05, 3.63) is 71.9 Å². The van der Waals surface area contributed by atoms with Gasteiger partial charge in [-0.25, -0.2) is 9.97 Å². The molecule has 5 rings (SSSR count). The fraction of sp³-hybridized carbons (Fsp3) is 0.200. The van der Waals surface area contributed by atoms with E-state index in [2.05, 4.69) is 15.0 Å². The van der Waals surface area contributed by atoms with Gasteiger partial charge in [-0.3, -0.25) is 14.5 Å². The van der Waals surface area contributed by atoms with Crippen molar-refractivity contribution in [1.29, 1.82) is 0 Å². The van der Waals surface area contributed by atoms with Crippen LogP contribution in [-0.2, 0) is 9.59 Å². The van der Waals surface area contributed by atoms with Crippen LogP contribution >= 0.6 is 0 Å². The van der Waals surface area contributed by atoms with E-state index in [-0.39, 0.29) is 29.4 Å². The second-order valence-electron chi connectivity index (χ2n) is 8.55. The normalized spacial score (nSPS) is 16.5. The summed E-state index contributed by atoms with van der Waals surface area (Å²) in [5.41, 5.74) is 2.67. The molecule has 0 saturated carbocycles. The number of carbonyl (C=O) groups excluding carboxylic acids is 2. The molecule has 1 aliphatic heterocycles. The van der Waals surface area contributed by atoms with E-state index in [1.807, 2.05) is 19.9 Å². The Morgan fingerprint density at radius 3 is 2.76 bits per heavy atom. The molecule has 3 N–H and O–H groups in total. The number of aromatic nitrogens is 3. The van der Waals surface area contributed by atoms with Crippen LogP contribution in [0.2, 0.25) is 0 Å². The maximum Gasteiger partial charge on any atom is 0.294 e. The van der Waals surface area contributed by atoms with E-state index in [4.69, 9.17) is 0 Å². The number of hydrogen-bond acceptors (Lipinski definition) is 6. The zero-order valence-corrected chi connectivity index (χ0v) is 18.1. The maximum atomic E-state index is 13.3. The van der Waals surface area contributed by atoms with Gasteiger partial charge in [-0.2, -0.15) is 0 Å². The lowest BCUT2D eigenvalue weighted by Gasteiger charge is -2.26. The van der Waals surface area contributed by atoms with E-state index < -0.39 is 17.7 Å². The quantitative estimate of drug-likeness (QED) is 0.423. The van der Waals surface area contributed by atoms with Crippen molar-refractivity contribution in [1.82, 2.24) is 15.0 Å². The highest BCUT2D eigenvalue weighted by Gasteiger charge is 2.45. The Morgan fingerprint density at radius 2 is 1.97 bits per heavy atom. The Bertz CT molecular complexity index is 1450. The van der Waals surface area contributed by atoms with E-state index in [1.54, 1.807) is 42.7 Å². The number of phenolic OH excluding ortho intramolecular Hbond substituents is 1. The van der Waals surface area contributed by atoms with E-state index in [9.17, 15) is 19.8 Å². The minimum absolute atomic E-state index is 0.00707. The first-order valence-electron chi connectivity index (χ1n) is 10.7. The number of ketones is 1. The molecular formula is C25H22N4O4. The number of fused-ring (bicyclic) bond motifs is 2. The number of Topliss-reactive ketones (excluding diaryl/α,β-unsaturated/α-hetero) is 1. The molecule has 4 aromatic rings. The minimum atomic E-state index is -0.937. The summed E-state index contributed by atoms with van der Waals surface area (Å²) in [5.74, 6) is -1.53. The standard InChI is InChI=1S/C25H22N4O4/c1-13(2)10-20(31)21-23(17-8-6-14-4-3-5-19(30)22(14)28-17)29(25(33)24(21)32)15-7-9-16-18(11-15)27-12-26-16/h3-9,11-13,23,30,32H,10H2,1-2H3,(H,26,27). The molecule has 8 heteroatoms. The van der Waals surface area contributed by atoms with Gasteiger partial charge < -0.3 is 15.2 Å². The summed E-state index contributed by atoms with van der Waals surface area (Å²) in [5, 5.41) is 21.9. The molecule has 2 aromatic heterocycles. The summed E-state index contributed by atoms with van der Waals surface area (Å²) >= 11 is 0. The fourth-order valence-electron chi connectivity index (χ4n) is 4.29. The Hall–Kier alpha value is -4.20. The number of aliphatic hydroxyl groups is 1. The van der Waals surface area contributed by atoms with Crippen LogP contribution in [0.4, 0.5) is 5.69 Å². The van der Waals surface area contributed by atoms with Gasteiger partial charge in [0.15, 0.2) is 11.5 Å². The number of nitrogens with one attached hydrogen (secondary N) is 1. The third-order valence-electron chi connectivity index (χ3n) is 5.78. The number of pyridine rings is 1. The van der Waals surface area contributed by atoms with Crippen LogP contribution in [0.1, 0.15) is 32.0 Å². The van der Waals surface area contributed by atoms with E-state index in [0.717, 1.165) is 10.9 Å². The predicted octanol–water partition coefficient (Wildman–Crippen LogP) is 4.33. The smallest absolute Gasteiger partial charge is 0.294 e. The molecule has 8 nitrogen and oxygen atoms in total. The fourth-order valence-corrected chi connectivity index (χ4v) is 4.29. The van der Waals surface area contributed by atoms with Gasteiger partial charge in [0.25, 0.3) is 5.91 Å². The number of nitrogens with zero attached hydrogens (tertiary/aromatic N) is 3. The van der Waals surface area contributed by atoms with E-state index in [0.29, 0.717) is 22.4 Å². The number of carbonyl (C=O) groups is 2. The molecule has 3 heterocycles. The van der Waals surface area contributed by atoms with Crippen LogP contribution in [0.5, 0.6) is 5.75 Å². The van der Waals surface area contributed by atoms with Gasteiger partial charge in [-0.05, 0) is 36.2 Å². The highest BCUT2D eigenvalue weighted by molar-refractivity contribution is 6.16. The lowest BCUT2D eigenvalue weighted by atomic mass is 9.94. The van der Waals surface area contributed by atoms with E-state index in [1.165, 1.54) is 11.0 Å². The molecule has 0 bridgehead atoms. The third-order valence-corrected chi connectivity index (χ3v) is 5.78. The number of rotatable bonds is 5. The van der Waals surface area contributed by atoms with Crippen molar-refractivity contribution >= 4 is 39.3 Å². The number of H-pyrrole nitrogens is 1. The Kier molecular flexibility index (Phi) is 4.85. The Morgan fingerprint density at radius 1 is 1.15 bits per heavy atom. The van der Waals surface area contributed by atoms with Gasteiger partial charge in [-0.15, -0.1) is 0 Å². The van der Waals surface area contributed by atoms with Gasteiger partial charge in [0, 0.05) is 17.5 Å². The highest BCUT2D eigenvalue weighted by Crippen LogP contribution is 2.42. The third kappa shape index (κ3) is 3.40. The number of aliphatic hydroxyl groups excluding tert-OH is 1. The summed E-state index contributed by atoms with van der Waals surface area (Å²) in [6, 6.07) is 12.8. The number of imidazole rings is 1.